The summed E-state index contributed by atoms with van der Waals surface area (Å²) in [5.41, 5.74) is 0. The van der Waals surface area contributed by atoms with Crippen molar-refractivity contribution in [3.63, 3.8) is 0 Å². The van der Waals surface area contributed by atoms with Crippen LogP contribution in [-0.2, 0) is 20.0 Å². The van der Waals surface area contributed by atoms with E-state index in [1.54, 1.807) is 0 Å². The van der Waals surface area contributed by atoms with Gasteiger partial charge in [0.05, 0.1) is 26.2 Å². The van der Waals surface area contributed by atoms with Crippen LogP contribution in [0.15, 0.2) is 0 Å². The van der Waals surface area contributed by atoms with E-state index in [0.29, 0.717) is 4.13 Å². The van der Waals surface area contributed by atoms with Crippen molar-refractivity contribution in [2.75, 3.05) is 26.2 Å². The number of halogens is 10. The van der Waals surface area contributed by atoms with E-state index in [1.165, 1.54) is 75.6 Å². The topological polar surface area (TPSA) is 82.4 Å². The van der Waals surface area contributed by atoms with E-state index >= 15 is 0 Å². The predicted octanol–water partition coefficient (Wildman–Crippen LogP) is 5.92. The number of nitrogens with zero attached hydrogens (tertiary/aromatic N) is 2. The molecule has 1 aliphatic heterocycles. The van der Waals surface area contributed by atoms with Crippen LogP contribution in [0.1, 0.15) is 58.8 Å². The third-order valence-electron chi connectivity index (χ3n) is 5.24. The average molecular weight is 579 g/mol. The minimum absolute atomic E-state index is 0.422. The molecule has 35 heavy (non-hydrogen) atoms. The van der Waals surface area contributed by atoms with Gasteiger partial charge in [-0.25, -0.2) is 16.8 Å². The number of rotatable bonds is 10. The van der Waals surface area contributed by atoms with E-state index in [9.17, 15) is 60.7 Å². The quantitative estimate of drug-likeness (QED) is 0.238. The summed E-state index contributed by atoms with van der Waals surface area (Å²) in [6.45, 7) is 10.5. The van der Waals surface area contributed by atoms with Crippen molar-refractivity contribution in [2.24, 2.45) is 0 Å². The maximum atomic E-state index is 12.3. The van der Waals surface area contributed by atoms with Crippen molar-refractivity contribution in [2.45, 2.75) is 81.7 Å². The second kappa shape index (κ2) is 12.1. The monoisotopic (exact) mass is 578 g/mol. The van der Waals surface area contributed by atoms with Gasteiger partial charge in [0.1, 0.15) is 0 Å². The molecule has 0 bridgehead atoms. The van der Waals surface area contributed by atoms with Crippen LogP contribution < -0.4 is 0 Å². The minimum atomic E-state index is -7.62. The molecular weight excluding hydrogens is 550 g/mol. The Morgan fingerprint density at radius 2 is 0.943 bits per heavy atom. The van der Waals surface area contributed by atoms with Crippen LogP contribution in [0.3, 0.4) is 0 Å². The molecule has 0 radical (unpaired) electrons. The lowest BCUT2D eigenvalue weighted by Gasteiger charge is -2.41. The van der Waals surface area contributed by atoms with E-state index in [1.807, 2.05) is 0 Å². The molecule has 1 heterocycles. The first-order chi connectivity index (χ1) is 15.5. The van der Waals surface area contributed by atoms with Crippen molar-refractivity contribution < 1.29 is 65.2 Å². The average Bonchev–Trinajstić information content (AvgIpc) is 2.69. The zero-order valence-electron chi connectivity index (χ0n) is 18.9. The smallest absolute Gasteiger partial charge is 0.425 e. The van der Waals surface area contributed by atoms with Gasteiger partial charge in [-0.3, -0.25) is 0 Å². The Labute approximate surface area is 197 Å². The zero-order chi connectivity index (χ0) is 28.0. The van der Waals surface area contributed by atoms with E-state index in [-0.39, 0.29) is 0 Å². The minimum Gasteiger partial charge on any atom is -0.425 e. The van der Waals surface area contributed by atoms with Gasteiger partial charge in [0.15, 0.2) is 20.0 Å². The van der Waals surface area contributed by atoms with Gasteiger partial charge in [0.25, 0.3) is 0 Å². The summed E-state index contributed by atoms with van der Waals surface area (Å²) in [5, 5.41) is -14.0. The Bertz CT molecular complexity index is 802. The first kappa shape index (κ1) is 34.1. The lowest BCUT2D eigenvalue weighted by atomic mass is 10.1. The number of alkyl halides is 10. The van der Waals surface area contributed by atoms with E-state index < -0.39 is 42.9 Å². The molecule has 0 amide bonds. The summed E-state index contributed by atoms with van der Waals surface area (Å²) in [5.74, 6) is 0. The number of sulfonamides is 2. The van der Waals surface area contributed by atoms with Crippen LogP contribution >= 0.6 is 0 Å². The molecule has 0 aromatic heterocycles. The largest absolute Gasteiger partial charge is 0.467 e. The third kappa shape index (κ3) is 8.59. The first-order valence-electron chi connectivity index (χ1n) is 10.5. The van der Waals surface area contributed by atoms with Crippen LogP contribution in [0.4, 0.5) is 43.9 Å². The molecule has 1 aliphatic rings. The number of quaternary nitrogens is 1. The van der Waals surface area contributed by atoms with E-state index in [0.717, 1.165) is 0 Å². The summed E-state index contributed by atoms with van der Waals surface area (Å²) in [6, 6.07) is 0. The van der Waals surface area contributed by atoms with Crippen LogP contribution in [0.25, 0.3) is 4.13 Å². The molecule has 0 aromatic carbocycles. The molecule has 212 valence electrons. The molecule has 1 fully saturated rings. The highest BCUT2D eigenvalue weighted by atomic mass is 32.3. The molecule has 1 saturated heterocycles. The molecule has 0 unspecified atom stereocenters. The lowest BCUT2D eigenvalue weighted by Crippen LogP contribution is -2.52. The van der Waals surface area contributed by atoms with Gasteiger partial charge in [-0.2, -0.15) is 43.9 Å². The van der Waals surface area contributed by atoms with Crippen LogP contribution in [0, 0.1) is 0 Å². The Morgan fingerprint density at radius 3 is 1.20 bits per heavy atom. The molecule has 0 saturated carbocycles. The number of hydrogen-bond acceptors (Lipinski definition) is 4. The number of unbranched alkanes of at least 4 members (excludes halogenated alkanes) is 2. The maximum Gasteiger partial charge on any atom is 0.467 e. The summed E-state index contributed by atoms with van der Waals surface area (Å²) in [6.07, 6.45) is -3.96. The summed E-state index contributed by atoms with van der Waals surface area (Å²) >= 11 is 0. The summed E-state index contributed by atoms with van der Waals surface area (Å²) in [4.78, 5) is 0. The van der Waals surface area contributed by atoms with Crippen molar-refractivity contribution >= 4 is 20.0 Å². The number of piperidine rings is 1. The first-order valence-corrected chi connectivity index (χ1v) is 13.4. The van der Waals surface area contributed by atoms with Crippen molar-refractivity contribution in [1.29, 1.82) is 0 Å². The van der Waals surface area contributed by atoms with Gasteiger partial charge in [-0.05, 0) is 32.1 Å². The van der Waals surface area contributed by atoms with E-state index in [2.05, 4.69) is 13.8 Å². The van der Waals surface area contributed by atoms with E-state index in [4.69, 9.17) is 0 Å². The van der Waals surface area contributed by atoms with Gasteiger partial charge in [0, 0.05) is 0 Å². The Balaban J connectivity index is 0.000000712. The predicted molar refractivity (Wildman–Crippen MR) is 107 cm³/mol. The molecule has 0 aromatic rings. The molecule has 0 N–H and O–H groups in total. The molecule has 6 nitrogen and oxygen atoms in total. The second-order valence-electron chi connectivity index (χ2n) is 8.06. The fraction of sp³-hybridized carbons (Fsp3) is 1.00. The molecular formula is C17H28F10N2O4S2. The van der Waals surface area contributed by atoms with Crippen molar-refractivity contribution in [3.05, 3.63) is 4.13 Å². The molecule has 1 rings (SSSR count). The fourth-order valence-corrected chi connectivity index (χ4v) is 5.61. The number of hydrogen-bond donors (Lipinski definition) is 0. The summed E-state index contributed by atoms with van der Waals surface area (Å²) in [7, 11) is -15.2. The molecule has 18 heteroatoms. The highest BCUT2D eigenvalue weighted by Gasteiger charge is 2.68. The van der Waals surface area contributed by atoms with Gasteiger partial charge in [-0.15, -0.1) is 0 Å². The molecule has 0 atom stereocenters. The Kier molecular flexibility index (Phi) is 11.8. The third-order valence-corrected chi connectivity index (χ3v) is 8.57. The van der Waals surface area contributed by atoms with Gasteiger partial charge < -0.3 is 8.61 Å². The van der Waals surface area contributed by atoms with Crippen LogP contribution in [0.5, 0.6) is 0 Å². The Morgan fingerprint density at radius 1 is 0.629 bits per heavy atom. The van der Waals surface area contributed by atoms with Crippen molar-refractivity contribution in [1.82, 2.24) is 0 Å². The zero-order valence-corrected chi connectivity index (χ0v) is 20.5. The maximum absolute atomic E-state index is 12.3. The Hall–Kier alpha value is -0.880. The van der Waals surface area contributed by atoms with Gasteiger partial charge in [0.2, 0.25) is 0 Å². The summed E-state index contributed by atoms with van der Waals surface area (Å²) < 4.78 is 163. The molecule has 0 aliphatic carbocycles. The van der Waals surface area contributed by atoms with Gasteiger partial charge in [-0.1, -0.05) is 26.7 Å². The SMILES string of the molecule is CCCC[N+]1(CCCC)CCCCC1.O=S(=O)([N-]S(=O)(=O)C(F)(F)C(F)(F)F)C(F)(F)C(F)(F)F. The van der Waals surface area contributed by atoms with Gasteiger partial charge >= 0.3 is 22.9 Å². The highest BCUT2D eigenvalue weighted by molar-refractivity contribution is 8.13. The number of likely N-dealkylation sites (tertiary alicyclic amines) is 1. The second-order valence-corrected chi connectivity index (χ2v) is 11.6. The standard InChI is InChI=1S/C13H28N.C4F10NO4S2/c1-3-5-10-14(11-6-4-2)12-8-7-9-13-14;5-1(6,7)3(11,12)20(16,17)15-21(18,19)4(13,14)2(8,9)10/h3-13H2,1-2H3;/q+1;-1. The van der Waals surface area contributed by atoms with Crippen molar-refractivity contribution in [3.8, 4) is 0 Å². The normalized spacial score (nSPS) is 18.1. The van der Waals surface area contributed by atoms with Crippen LogP contribution in [0.2, 0.25) is 0 Å². The van der Waals surface area contributed by atoms with Crippen LogP contribution in [-0.4, -0.2) is 70.4 Å². The molecule has 0 spiro atoms. The fourth-order valence-electron chi connectivity index (χ4n) is 3.24. The highest BCUT2D eigenvalue weighted by Crippen LogP contribution is 2.47. The lowest BCUT2D eigenvalue weighted by molar-refractivity contribution is -0.932.